The summed E-state index contributed by atoms with van der Waals surface area (Å²) >= 11 is 0. The van der Waals surface area contributed by atoms with Gasteiger partial charge in [-0.25, -0.2) is 4.79 Å². The van der Waals surface area contributed by atoms with Crippen molar-refractivity contribution in [3.63, 3.8) is 0 Å². The van der Waals surface area contributed by atoms with Crippen molar-refractivity contribution < 1.29 is 9.53 Å². The molecule has 0 amide bonds. The summed E-state index contributed by atoms with van der Waals surface area (Å²) < 4.78 is 4.83. The summed E-state index contributed by atoms with van der Waals surface area (Å²) in [4.78, 5) is 10.8. The highest BCUT2D eigenvalue weighted by molar-refractivity contribution is 5.95. The molecule has 1 heterocycles. The van der Waals surface area contributed by atoms with Gasteiger partial charge in [0, 0.05) is 11.6 Å². The first kappa shape index (κ1) is 15.4. The second kappa shape index (κ2) is 8.57. The maximum absolute atomic E-state index is 10.8. The van der Waals surface area contributed by atoms with E-state index in [2.05, 4.69) is 0 Å². The molecule has 0 N–H and O–H groups in total. The molecule has 0 radical (unpaired) electrons. The molecule has 0 spiro atoms. The average molecular weight is 234 g/mol. The van der Waals surface area contributed by atoms with Crippen LogP contribution in [-0.4, -0.2) is 12.6 Å². The number of hydrogen-bond acceptors (Lipinski definition) is 2. The van der Waals surface area contributed by atoms with E-state index in [1.165, 1.54) is 5.56 Å². The largest absolute Gasteiger partial charge is 0.458 e. The third-order valence-corrected chi connectivity index (χ3v) is 2.05. The van der Waals surface area contributed by atoms with Crippen LogP contribution in [-0.2, 0) is 9.53 Å². The Balaban J connectivity index is 0.000000581. The smallest absolute Gasteiger partial charge is 0.331 e. The predicted molar refractivity (Wildman–Crippen MR) is 72.8 cm³/mol. The molecule has 1 aliphatic heterocycles. The summed E-state index contributed by atoms with van der Waals surface area (Å²) in [5.74, 6) is -0.239. The molecule has 1 aromatic carbocycles. The van der Waals surface area contributed by atoms with E-state index in [1.54, 1.807) is 6.08 Å². The maximum Gasteiger partial charge on any atom is 0.331 e. The fraction of sp³-hybridized carbons (Fsp3) is 0.400. The lowest BCUT2D eigenvalue weighted by atomic mass is 10.1. The lowest BCUT2D eigenvalue weighted by Gasteiger charge is -2.00. The van der Waals surface area contributed by atoms with Crippen LogP contribution in [0.4, 0.5) is 0 Å². The van der Waals surface area contributed by atoms with Gasteiger partial charge in [-0.3, -0.25) is 0 Å². The molecule has 0 saturated carbocycles. The Morgan fingerprint density at radius 2 is 1.76 bits per heavy atom. The first-order valence-corrected chi connectivity index (χ1v) is 6.20. The van der Waals surface area contributed by atoms with Crippen molar-refractivity contribution in [3.05, 3.63) is 41.5 Å². The Hall–Kier alpha value is -1.57. The molecular weight excluding hydrogens is 212 g/mol. The number of aryl methyl sites for hydroxylation is 1. The normalized spacial score (nSPS) is 12.5. The van der Waals surface area contributed by atoms with Crippen LogP contribution in [0.3, 0.4) is 0 Å². The van der Waals surface area contributed by atoms with Crippen LogP contribution in [0.1, 0.15) is 38.8 Å². The standard InChI is InChI=1S/C11H10O2.2C2H6/c1-8-3-2-4-9(5-8)10-6-11(12)13-7-10;2*1-2/h2-6H,7H2,1H3;2*1-2H3. The minimum absolute atomic E-state index is 0.239. The van der Waals surface area contributed by atoms with Crippen molar-refractivity contribution >= 4 is 11.5 Å². The van der Waals surface area contributed by atoms with E-state index in [0.717, 1.165) is 11.1 Å². The van der Waals surface area contributed by atoms with Crippen molar-refractivity contribution in [2.45, 2.75) is 34.6 Å². The molecule has 2 rings (SSSR count). The van der Waals surface area contributed by atoms with E-state index in [1.807, 2.05) is 58.9 Å². The zero-order chi connectivity index (χ0) is 13.3. The van der Waals surface area contributed by atoms with Crippen molar-refractivity contribution in [2.75, 3.05) is 6.61 Å². The van der Waals surface area contributed by atoms with Gasteiger partial charge < -0.3 is 4.74 Å². The van der Waals surface area contributed by atoms with Gasteiger partial charge in [0.2, 0.25) is 0 Å². The molecule has 1 aromatic rings. The summed E-state index contributed by atoms with van der Waals surface area (Å²) in [6.45, 7) is 10.4. The predicted octanol–water partition coefficient (Wildman–Crippen LogP) is 3.99. The molecule has 94 valence electrons. The molecule has 0 atom stereocenters. The Bertz CT molecular complexity index is 378. The maximum atomic E-state index is 10.8. The quantitative estimate of drug-likeness (QED) is 0.687. The number of benzene rings is 1. The van der Waals surface area contributed by atoms with Crippen LogP contribution >= 0.6 is 0 Å². The number of hydrogen-bond donors (Lipinski definition) is 0. The highest BCUT2D eigenvalue weighted by Crippen LogP contribution is 2.20. The van der Waals surface area contributed by atoms with Gasteiger partial charge in [-0.2, -0.15) is 0 Å². The monoisotopic (exact) mass is 234 g/mol. The molecule has 17 heavy (non-hydrogen) atoms. The van der Waals surface area contributed by atoms with Gasteiger partial charge in [0.1, 0.15) is 6.61 Å². The van der Waals surface area contributed by atoms with Crippen LogP contribution in [0.2, 0.25) is 0 Å². The lowest BCUT2D eigenvalue weighted by Crippen LogP contribution is -1.91. The van der Waals surface area contributed by atoms with Crippen LogP contribution in [0.5, 0.6) is 0 Å². The summed E-state index contributed by atoms with van der Waals surface area (Å²) in [7, 11) is 0. The third-order valence-electron chi connectivity index (χ3n) is 2.05. The van der Waals surface area contributed by atoms with E-state index in [9.17, 15) is 4.79 Å². The van der Waals surface area contributed by atoms with Gasteiger partial charge in [0.05, 0.1) is 0 Å². The minimum Gasteiger partial charge on any atom is -0.458 e. The van der Waals surface area contributed by atoms with Gasteiger partial charge in [-0.05, 0) is 12.5 Å². The van der Waals surface area contributed by atoms with Crippen molar-refractivity contribution in [1.29, 1.82) is 0 Å². The number of rotatable bonds is 1. The Labute approximate surface area is 104 Å². The molecular formula is C15H22O2. The van der Waals surface area contributed by atoms with Gasteiger partial charge in [-0.15, -0.1) is 0 Å². The van der Waals surface area contributed by atoms with Crippen molar-refractivity contribution in [3.8, 4) is 0 Å². The highest BCUT2D eigenvalue weighted by atomic mass is 16.5. The van der Waals surface area contributed by atoms with E-state index in [4.69, 9.17) is 4.74 Å². The minimum atomic E-state index is -0.239. The fourth-order valence-corrected chi connectivity index (χ4v) is 1.39. The second-order valence-corrected chi connectivity index (χ2v) is 3.15. The highest BCUT2D eigenvalue weighted by Gasteiger charge is 2.13. The summed E-state index contributed by atoms with van der Waals surface area (Å²) in [5, 5.41) is 0. The third kappa shape index (κ3) is 4.85. The second-order valence-electron chi connectivity index (χ2n) is 3.15. The Morgan fingerprint density at radius 3 is 2.24 bits per heavy atom. The molecule has 1 aliphatic rings. The van der Waals surface area contributed by atoms with Gasteiger partial charge in [-0.1, -0.05) is 57.5 Å². The molecule has 0 bridgehead atoms. The number of esters is 1. The fourth-order valence-electron chi connectivity index (χ4n) is 1.39. The number of carbonyl (C=O) groups excluding carboxylic acids is 1. The van der Waals surface area contributed by atoms with Crippen LogP contribution < -0.4 is 0 Å². The van der Waals surface area contributed by atoms with Crippen LogP contribution in [0, 0.1) is 6.92 Å². The number of ether oxygens (including phenoxy) is 1. The Kier molecular flexibility index (Phi) is 7.78. The van der Waals surface area contributed by atoms with Gasteiger partial charge in [0.15, 0.2) is 0 Å². The summed E-state index contributed by atoms with van der Waals surface area (Å²) in [6, 6.07) is 8.05. The molecule has 0 aliphatic carbocycles. The zero-order valence-electron chi connectivity index (χ0n) is 11.4. The SMILES string of the molecule is CC.CC.Cc1cccc(C2=CC(=O)OC2)c1. The molecule has 0 fully saturated rings. The van der Waals surface area contributed by atoms with E-state index >= 15 is 0 Å². The molecule has 2 nitrogen and oxygen atoms in total. The molecule has 0 saturated heterocycles. The summed E-state index contributed by atoms with van der Waals surface area (Å²) in [5.41, 5.74) is 3.23. The van der Waals surface area contributed by atoms with Crippen LogP contribution in [0.25, 0.3) is 5.57 Å². The van der Waals surface area contributed by atoms with Crippen molar-refractivity contribution in [1.82, 2.24) is 0 Å². The topological polar surface area (TPSA) is 26.3 Å². The van der Waals surface area contributed by atoms with Gasteiger partial charge in [0.25, 0.3) is 0 Å². The number of cyclic esters (lactones) is 1. The lowest BCUT2D eigenvalue weighted by molar-refractivity contribution is -0.134. The first-order valence-electron chi connectivity index (χ1n) is 6.20. The van der Waals surface area contributed by atoms with Crippen LogP contribution in [0.15, 0.2) is 30.3 Å². The summed E-state index contributed by atoms with van der Waals surface area (Å²) in [6.07, 6.45) is 1.55. The van der Waals surface area contributed by atoms with E-state index < -0.39 is 0 Å². The average Bonchev–Trinajstić information content (AvgIpc) is 2.81. The first-order chi connectivity index (χ1) is 8.25. The molecule has 2 heteroatoms. The molecule has 0 aromatic heterocycles. The van der Waals surface area contributed by atoms with E-state index in [0.29, 0.717) is 6.61 Å². The Morgan fingerprint density at radius 1 is 1.12 bits per heavy atom. The van der Waals surface area contributed by atoms with Gasteiger partial charge >= 0.3 is 5.97 Å². The van der Waals surface area contributed by atoms with E-state index in [-0.39, 0.29) is 5.97 Å². The zero-order valence-corrected chi connectivity index (χ0v) is 11.4. The molecule has 0 unspecified atom stereocenters. The number of carbonyl (C=O) groups is 1. The van der Waals surface area contributed by atoms with Crippen molar-refractivity contribution in [2.24, 2.45) is 0 Å².